The van der Waals surface area contributed by atoms with Gasteiger partial charge >= 0.3 is 0 Å². The molecular weight excluding hydrogens is 342 g/mol. The van der Waals surface area contributed by atoms with Crippen molar-refractivity contribution in [2.75, 3.05) is 6.54 Å². The first-order chi connectivity index (χ1) is 11.0. The molecule has 23 heavy (non-hydrogen) atoms. The van der Waals surface area contributed by atoms with Gasteiger partial charge in [0.25, 0.3) is 5.91 Å². The summed E-state index contributed by atoms with van der Waals surface area (Å²) in [5.41, 5.74) is 0.589. The number of benzene rings is 2. The summed E-state index contributed by atoms with van der Waals surface area (Å²) in [5, 5.41) is 5.57. The fourth-order valence-electron chi connectivity index (χ4n) is 1.83. The van der Waals surface area contributed by atoms with E-state index in [0.717, 1.165) is 0 Å². The minimum Gasteiger partial charge on any atom is -0.350 e. The third kappa shape index (κ3) is 4.94. The molecule has 0 heterocycles. The predicted molar refractivity (Wildman–Crippen MR) is 87.0 cm³/mol. The zero-order valence-electron chi connectivity index (χ0n) is 11.9. The number of rotatable bonds is 5. The maximum absolute atomic E-state index is 13.4. The Labute approximate surface area is 142 Å². The van der Waals surface area contributed by atoms with Gasteiger partial charge in [-0.25, -0.2) is 4.39 Å². The van der Waals surface area contributed by atoms with Gasteiger partial charge in [0.05, 0.1) is 17.1 Å². The molecule has 0 aliphatic rings. The molecule has 0 aliphatic heterocycles. The zero-order chi connectivity index (χ0) is 16.8. The Morgan fingerprint density at radius 2 is 1.78 bits per heavy atom. The zero-order valence-corrected chi connectivity index (χ0v) is 13.4. The SMILES string of the molecule is O=C(CNC(=O)c1ccc(Cl)cc1Cl)NCc1ccccc1F. The van der Waals surface area contributed by atoms with Gasteiger partial charge in [0.2, 0.25) is 5.91 Å². The van der Waals surface area contributed by atoms with Crippen molar-refractivity contribution >= 4 is 35.0 Å². The summed E-state index contributed by atoms with van der Waals surface area (Å²) in [7, 11) is 0. The molecule has 0 bridgehead atoms. The molecule has 0 radical (unpaired) electrons. The second kappa shape index (κ2) is 7.94. The Morgan fingerprint density at radius 3 is 2.48 bits per heavy atom. The van der Waals surface area contributed by atoms with E-state index in [1.807, 2.05) is 0 Å². The van der Waals surface area contributed by atoms with Crippen LogP contribution in [0.4, 0.5) is 4.39 Å². The summed E-state index contributed by atoms with van der Waals surface area (Å²) in [5.74, 6) is -1.33. The highest BCUT2D eigenvalue weighted by Gasteiger charge is 2.12. The van der Waals surface area contributed by atoms with E-state index in [1.54, 1.807) is 18.2 Å². The highest BCUT2D eigenvalue weighted by molar-refractivity contribution is 6.36. The van der Waals surface area contributed by atoms with Crippen LogP contribution in [0, 0.1) is 5.82 Å². The van der Waals surface area contributed by atoms with E-state index in [2.05, 4.69) is 10.6 Å². The molecule has 0 spiro atoms. The summed E-state index contributed by atoms with van der Waals surface area (Å²) < 4.78 is 13.4. The lowest BCUT2D eigenvalue weighted by molar-refractivity contribution is -0.120. The van der Waals surface area contributed by atoms with Gasteiger partial charge < -0.3 is 10.6 Å². The number of nitrogens with one attached hydrogen (secondary N) is 2. The van der Waals surface area contributed by atoms with E-state index in [0.29, 0.717) is 10.6 Å². The van der Waals surface area contributed by atoms with Gasteiger partial charge in [-0.15, -0.1) is 0 Å². The highest BCUT2D eigenvalue weighted by Crippen LogP contribution is 2.20. The molecule has 2 amide bonds. The summed E-state index contributed by atoms with van der Waals surface area (Å²) >= 11 is 11.7. The summed E-state index contributed by atoms with van der Waals surface area (Å²) in [4.78, 5) is 23.6. The summed E-state index contributed by atoms with van der Waals surface area (Å²) in [6, 6.07) is 10.6. The minimum absolute atomic E-state index is 0.0447. The molecule has 0 fully saturated rings. The van der Waals surface area contributed by atoms with Crippen molar-refractivity contribution in [1.29, 1.82) is 0 Å². The van der Waals surface area contributed by atoms with Gasteiger partial charge in [-0.05, 0) is 24.3 Å². The van der Waals surface area contributed by atoms with E-state index < -0.39 is 17.6 Å². The van der Waals surface area contributed by atoms with Crippen molar-refractivity contribution < 1.29 is 14.0 Å². The smallest absolute Gasteiger partial charge is 0.253 e. The van der Waals surface area contributed by atoms with Gasteiger partial charge in [0, 0.05) is 17.1 Å². The minimum atomic E-state index is -0.493. The van der Waals surface area contributed by atoms with Crippen LogP contribution in [0.2, 0.25) is 10.0 Å². The third-order valence-corrected chi connectivity index (χ3v) is 3.57. The molecule has 0 aliphatic carbocycles. The Bertz CT molecular complexity index is 738. The Morgan fingerprint density at radius 1 is 1.04 bits per heavy atom. The van der Waals surface area contributed by atoms with Gasteiger partial charge in [-0.2, -0.15) is 0 Å². The van der Waals surface area contributed by atoms with Crippen LogP contribution in [0.3, 0.4) is 0 Å². The van der Waals surface area contributed by atoms with E-state index in [1.165, 1.54) is 24.3 Å². The fourth-order valence-corrected chi connectivity index (χ4v) is 2.32. The van der Waals surface area contributed by atoms with Crippen molar-refractivity contribution in [3.63, 3.8) is 0 Å². The highest BCUT2D eigenvalue weighted by atomic mass is 35.5. The quantitative estimate of drug-likeness (QED) is 0.866. The lowest BCUT2D eigenvalue weighted by Gasteiger charge is -2.08. The van der Waals surface area contributed by atoms with Gasteiger partial charge in [0.15, 0.2) is 0 Å². The molecule has 2 rings (SSSR count). The number of amides is 2. The van der Waals surface area contributed by atoms with Crippen LogP contribution in [0.15, 0.2) is 42.5 Å². The van der Waals surface area contributed by atoms with Crippen molar-refractivity contribution in [2.24, 2.45) is 0 Å². The lowest BCUT2D eigenvalue weighted by Crippen LogP contribution is -2.36. The first-order valence-electron chi connectivity index (χ1n) is 6.70. The average Bonchev–Trinajstić information content (AvgIpc) is 2.52. The van der Waals surface area contributed by atoms with Gasteiger partial charge in [0.1, 0.15) is 5.82 Å². The lowest BCUT2D eigenvalue weighted by atomic mass is 10.2. The van der Waals surface area contributed by atoms with Crippen molar-refractivity contribution in [3.8, 4) is 0 Å². The van der Waals surface area contributed by atoms with Crippen LogP contribution in [0.5, 0.6) is 0 Å². The summed E-state index contributed by atoms with van der Waals surface area (Å²) in [6.45, 7) is -0.199. The van der Waals surface area contributed by atoms with E-state index in [4.69, 9.17) is 23.2 Å². The molecule has 2 N–H and O–H groups in total. The van der Waals surface area contributed by atoms with E-state index in [9.17, 15) is 14.0 Å². The molecule has 0 saturated heterocycles. The standard InChI is InChI=1S/C16H13Cl2FN2O2/c17-11-5-6-12(13(18)7-11)16(23)21-9-15(22)20-8-10-3-1-2-4-14(10)19/h1-7H,8-9H2,(H,20,22)(H,21,23). The van der Waals surface area contributed by atoms with Gasteiger partial charge in [-0.1, -0.05) is 41.4 Å². The second-order valence-electron chi connectivity index (χ2n) is 4.67. The molecule has 0 aromatic heterocycles. The molecule has 120 valence electrons. The van der Waals surface area contributed by atoms with Crippen molar-refractivity contribution in [2.45, 2.75) is 6.54 Å². The van der Waals surface area contributed by atoms with Crippen LogP contribution in [-0.4, -0.2) is 18.4 Å². The first kappa shape index (κ1) is 17.2. The monoisotopic (exact) mass is 354 g/mol. The maximum atomic E-state index is 13.4. The number of hydrogen-bond donors (Lipinski definition) is 2. The first-order valence-corrected chi connectivity index (χ1v) is 7.46. The maximum Gasteiger partial charge on any atom is 0.253 e. The Balaban J connectivity index is 1.84. The van der Waals surface area contributed by atoms with Crippen LogP contribution < -0.4 is 10.6 Å². The molecule has 2 aromatic rings. The molecule has 0 atom stereocenters. The summed E-state index contributed by atoms with van der Waals surface area (Å²) in [6.07, 6.45) is 0. The van der Waals surface area contributed by atoms with Gasteiger partial charge in [-0.3, -0.25) is 9.59 Å². The topological polar surface area (TPSA) is 58.2 Å². The van der Waals surface area contributed by atoms with Crippen molar-refractivity contribution in [1.82, 2.24) is 10.6 Å². The van der Waals surface area contributed by atoms with E-state index in [-0.39, 0.29) is 23.7 Å². The van der Waals surface area contributed by atoms with Crippen LogP contribution >= 0.6 is 23.2 Å². The normalized spacial score (nSPS) is 10.2. The molecule has 0 unspecified atom stereocenters. The number of carbonyl (C=O) groups excluding carboxylic acids is 2. The van der Waals surface area contributed by atoms with Crippen LogP contribution in [0.1, 0.15) is 15.9 Å². The van der Waals surface area contributed by atoms with Crippen molar-refractivity contribution in [3.05, 3.63) is 69.5 Å². The largest absolute Gasteiger partial charge is 0.350 e. The van der Waals surface area contributed by atoms with Crippen LogP contribution in [0.25, 0.3) is 0 Å². The molecule has 4 nitrogen and oxygen atoms in total. The van der Waals surface area contributed by atoms with Crippen LogP contribution in [-0.2, 0) is 11.3 Å². The molecule has 0 saturated carbocycles. The Kier molecular flexibility index (Phi) is 5.96. The Hall–Kier alpha value is -2.11. The average molecular weight is 355 g/mol. The second-order valence-corrected chi connectivity index (χ2v) is 5.52. The fraction of sp³-hybridized carbons (Fsp3) is 0.125. The molecule has 7 heteroatoms. The number of hydrogen-bond acceptors (Lipinski definition) is 2. The molecule has 2 aromatic carbocycles. The number of carbonyl (C=O) groups is 2. The predicted octanol–water partition coefficient (Wildman–Crippen LogP) is 3.18. The third-order valence-electron chi connectivity index (χ3n) is 3.02. The molecular formula is C16H13Cl2FN2O2. The number of halogens is 3. The van der Waals surface area contributed by atoms with E-state index >= 15 is 0 Å².